The van der Waals surface area contributed by atoms with E-state index in [9.17, 15) is 18.4 Å². The number of rotatable bonds is 3. The number of carbonyl (C=O) groups excluding carboxylic acids is 2. The van der Waals surface area contributed by atoms with E-state index in [2.05, 4.69) is 5.32 Å². The molecule has 2 amide bonds. The van der Waals surface area contributed by atoms with Gasteiger partial charge in [-0.15, -0.1) is 0 Å². The van der Waals surface area contributed by atoms with Gasteiger partial charge in [-0.2, -0.15) is 0 Å². The molecule has 130 valence electrons. The molecule has 2 aromatic rings. The van der Waals surface area contributed by atoms with Crippen molar-refractivity contribution in [2.45, 2.75) is 12.1 Å². The van der Waals surface area contributed by atoms with E-state index in [4.69, 9.17) is 4.74 Å². The van der Waals surface area contributed by atoms with E-state index in [0.717, 1.165) is 0 Å². The molecule has 1 aliphatic heterocycles. The first-order valence-corrected chi connectivity index (χ1v) is 7.65. The fraction of sp³-hybridized carbons (Fsp3) is 0.222. The average molecular weight is 346 g/mol. The van der Waals surface area contributed by atoms with Gasteiger partial charge >= 0.3 is 0 Å². The number of halogens is 2. The molecule has 5 nitrogen and oxygen atoms in total. The quantitative estimate of drug-likeness (QED) is 0.929. The lowest BCUT2D eigenvalue weighted by Gasteiger charge is -2.38. The fourth-order valence-electron chi connectivity index (χ4n) is 2.76. The predicted octanol–water partition coefficient (Wildman–Crippen LogP) is 2.50. The lowest BCUT2D eigenvalue weighted by atomic mass is 9.97. The largest absolute Gasteiger partial charge is 0.356 e. The van der Waals surface area contributed by atoms with Gasteiger partial charge in [-0.25, -0.2) is 8.78 Å². The van der Waals surface area contributed by atoms with E-state index < -0.39 is 29.7 Å². The van der Waals surface area contributed by atoms with Crippen LogP contribution in [-0.4, -0.2) is 36.5 Å². The van der Waals surface area contributed by atoms with Crippen molar-refractivity contribution in [3.63, 3.8) is 0 Å². The normalized spacial score (nSPS) is 20.4. The van der Waals surface area contributed by atoms with Crippen LogP contribution in [0.4, 0.5) is 14.5 Å². The molecular formula is C18H16F2N2O3. The summed E-state index contributed by atoms with van der Waals surface area (Å²) < 4.78 is 32.6. The summed E-state index contributed by atoms with van der Waals surface area (Å²) in [5.41, 5.74) is 0.569. The van der Waals surface area contributed by atoms with Crippen LogP contribution in [0.3, 0.4) is 0 Å². The Hall–Kier alpha value is -2.80. The summed E-state index contributed by atoms with van der Waals surface area (Å²) >= 11 is 0. The summed E-state index contributed by atoms with van der Waals surface area (Å²) in [6.07, 6.45) is -1.09. The molecule has 0 aliphatic carbocycles. The summed E-state index contributed by atoms with van der Waals surface area (Å²) in [5.74, 6) is -1.85. The second kappa shape index (κ2) is 6.98. The molecule has 1 fully saturated rings. The molecule has 3 rings (SSSR count). The minimum atomic E-state index is -1.09. The molecule has 1 saturated heterocycles. The number of anilines is 1. The van der Waals surface area contributed by atoms with Gasteiger partial charge < -0.3 is 15.0 Å². The molecule has 1 N–H and O–H groups in total. The van der Waals surface area contributed by atoms with Crippen molar-refractivity contribution in [3.8, 4) is 0 Å². The number of hydrogen-bond donors (Lipinski definition) is 1. The van der Waals surface area contributed by atoms with E-state index in [0.29, 0.717) is 5.69 Å². The first-order chi connectivity index (χ1) is 12.0. The number of carbonyl (C=O) groups is 2. The zero-order valence-electron chi connectivity index (χ0n) is 13.4. The van der Waals surface area contributed by atoms with Crippen LogP contribution < -0.4 is 5.32 Å². The molecule has 0 spiro atoms. The minimum absolute atomic E-state index is 0.192. The van der Waals surface area contributed by atoms with Crippen LogP contribution in [0, 0.1) is 11.6 Å². The maximum absolute atomic E-state index is 14.2. The van der Waals surface area contributed by atoms with E-state index >= 15 is 0 Å². The van der Waals surface area contributed by atoms with Crippen LogP contribution >= 0.6 is 0 Å². The topological polar surface area (TPSA) is 58.6 Å². The monoisotopic (exact) mass is 346 g/mol. The molecule has 0 bridgehead atoms. The van der Waals surface area contributed by atoms with Gasteiger partial charge in [-0.05, 0) is 30.3 Å². The highest BCUT2D eigenvalue weighted by atomic mass is 19.1. The Labute approximate surface area is 143 Å². The zero-order valence-corrected chi connectivity index (χ0v) is 13.4. The van der Waals surface area contributed by atoms with Crippen molar-refractivity contribution in [1.29, 1.82) is 0 Å². The SMILES string of the molecule is CN1C(=O)CO[C@H](C(=O)Nc2ccc(F)cc2)[C@H]1c1ccccc1F. The Morgan fingerprint density at radius 3 is 2.52 bits per heavy atom. The lowest BCUT2D eigenvalue weighted by molar-refractivity contribution is -0.160. The molecule has 25 heavy (non-hydrogen) atoms. The van der Waals surface area contributed by atoms with Crippen molar-refractivity contribution in [2.75, 3.05) is 19.0 Å². The van der Waals surface area contributed by atoms with E-state index in [1.165, 1.54) is 54.4 Å². The van der Waals surface area contributed by atoms with Gasteiger partial charge in [0.05, 0.1) is 6.04 Å². The Kier molecular flexibility index (Phi) is 4.76. The van der Waals surface area contributed by atoms with Crippen LogP contribution in [0.15, 0.2) is 48.5 Å². The highest BCUT2D eigenvalue weighted by Gasteiger charge is 2.41. The number of nitrogens with zero attached hydrogens (tertiary/aromatic N) is 1. The molecule has 0 radical (unpaired) electrons. The number of ether oxygens (including phenoxy) is 1. The third-order valence-corrected chi connectivity index (χ3v) is 4.08. The van der Waals surface area contributed by atoms with Gasteiger partial charge in [0, 0.05) is 18.3 Å². The van der Waals surface area contributed by atoms with E-state index in [1.54, 1.807) is 6.07 Å². The second-order valence-electron chi connectivity index (χ2n) is 5.70. The molecule has 2 aromatic carbocycles. The average Bonchev–Trinajstić information content (AvgIpc) is 2.60. The number of hydrogen-bond acceptors (Lipinski definition) is 3. The second-order valence-corrected chi connectivity index (χ2v) is 5.70. The van der Waals surface area contributed by atoms with Crippen LogP contribution in [0.2, 0.25) is 0 Å². The predicted molar refractivity (Wildman–Crippen MR) is 86.7 cm³/mol. The molecule has 7 heteroatoms. The Morgan fingerprint density at radius 2 is 1.84 bits per heavy atom. The third-order valence-electron chi connectivity index (χ3n) is 4.08. The Morgan fingerprint density at radius 1 is 1.16 bits per heavy atom. The van der Waals surface area contributed by atoms with E-state index in [-0.39, 0.29) is 18.1 Å². The first-order valence-electron chi connectivity index (χ1n) is 7.65. The summed E-state index contributed by atoms with van der Waals surface area (Å²) in [5, 5.41) is 2.60. The van der Waals surface area contributed by atoms with Gasteiger partial charge in [-0.3, -0.25) is 9.59 Å². The van der Waals surface area contributed by atoms with E-state index in [1.807, 2.05) is 0 Å². The zero-order chi connectivity index (χ0) is 18.0. The number of amides is 2. The van der Waals surface area contributed by atoms with Crippen molar-refractivity contribution < 1.29 is 23.1 Å². The summed E-state index contributed by atoms with van der Waals surface area (Å²) in [6.45, 7) is -0.275. The van der Waals surface area contributed by atoms with Gasteiger partial charge in [0.25, 0.3) is 5.91 Å². The van der Waals surface area contributed by atoms with Crippen LogP contribution in [-0.2, 0) is 14.3 Å². The standard InChI is InChI=1S/C18H16F2N2O3/c1-22-15(23)10-25-17(16(22)13-4-2-3-5-14(13)20)18(24)21-12-8-6-11(19)7-9-12/h2-9,16-17H,10H2,1H3,(H,21,24)/t16-,17+/m1/s1. The van der Waals surface area contributed by atoms with Crippen LogP contribution in [0.5, 0.6) is 0 Å². The molecule has 0 saturated carbocycles. The van der Waals surface area contributed by atoms with Crippen molar-refractivity contribution >= 4 is 17.5 Å². The molecular weight excluding hydrogens is 330 g/mol. The number of nitrogens with one attached hydrogen (secondary N) is 1. The lowest BCUT2D eigenvalue weighted by Crippen LogP contribution is -2.51. The molecule has 0 aromatic heterocycles. The van der Waals surface area contributed by atoms with Gasteiger partial charge in [0.1, 0.15) is 18.2 Å². The Bertz CT molecular complexity index is 795. The van der Waals surface area contributed by atoms with Gasteiger partial charge in [-0.1, -0.05) is 18.2 Å². The summed E-state index contributed by atoms with van der Waals surface area (Å²) in [6, 6.07) is 10.3. The number of likely N-dealkylation sites (N-methyl/N-ethyl adjacent to an activating group) is 1. The highest BCUT2D eigenvalue weighted by molar-refractivity contribution is 5.96. The van der Waals surface area contributed by atoms with Gasteiger partial charge in [0.15, 0.2) is 6.10 Å². The van der Waals surface area contributed by atoms with Crippen LogP contribution in [0.1, 0.15) is 11.6 Å². The molecule has 1 aliphatic rings. The Balaban J connectivity index is 1.89. The van der Waals surface area contributed by atoms with Gasteiger partial charge in [0.2, 0.25) is 5.91 Å². The number of morpholine rings is 1. The molecule has 2 atom stereocenters. The maximum atomic E-state index is 14.2. The van der Waals surface area contributed by atoms with Crippen LogP contribution in [0.25, 0.3) is 0 Å². The van der Waals surface area contributed by atoms with Crippen molar-refractivity contribution in [1.82, 2.24) is 4.90 Å². The molecule has 1 heterocycles. The summed E-state index contributed by atoms with van der Waals surface area (Å²) in [4.78, 5) is 25.9. The first kappa shape index (κ1) is 17.0. The highest BCUT2D eigenvalue weighted by Crippen LogP contribution is 2.31. The number of benzene rings is 2. The van der Waals surface area contributed by atoms with Crippen molar-refractivity contribution in [2.24, 2.45) is 0 Å². The third kappa shape index (κ3) is 3.51. The van der Waals surface area contributed by atoms with Crippen molar-refractivity contribution in [3.05, 3.63) is 65.7 Å². The minimum Gasteiger partial charge on any atom is -0.356 e. The molecule has 0 unspecified atom stereocenters. The maximum Gasteiger partial charge on any atom is 0.256 e. The fourth-order valence-corrected chi connectivity index (χ4v) is 2.76. The summed E-state index contributed by atoms with van der Waals surface area (Å²) in [7, 11) is 1.50. The smallest absolute Gasteiger partial charge is 0.256 e.